The first-order chi connectivity index (χ1) is 15.4. The minimum Gasteiger partial charge on any atom is -0.352 e. The molecular formula is C27H35FN2O2. The first-order valence-corrected chi connectivity index (χ1v) is 11.8. The van der Waals surface area contributed by atoms with Crippen LogP contribution in [0.1, 0.15) is 67.7 Å². The van der Waals surface area contributed by atoms with Crippen molar-refractivity contribution in [2.24, 2.45) is 0 Å². The Morgan fingerprint density at radius 3 is 2.22 bits per heavy atom. The molecule has 1 fully saturated rings. The van der Waals surface area contributed by atoms with Gasteiger partial charge in [-0.2, -0.15) is 0 Å². The van der Waals surface area contributed by atoms with Gasteiger partial charge in [0.25, 0.3) is 0 Å². The van der Waals surface area contributed by atoms with Gasteiger partial charge in [0, 0.05) is 12.6 Å². The molecule has 1 unspecified atom stereocenters. The van der Waals surface area contributed by atoms with Crippen LogP contribution in [0.3, 0.4) is 0 Å². The van der Waals surface area contributed by atoms with E-state index in [-0.39, 0.29) is 36.6 Å². The molecule has 5 heteroatoms. The van der Waals surface area contributed by atoms with Crippen LogP contribution in [0, 0.1) is 19.7 Å². The van der Waals surface area contributed by atoms with Gasteiger partial charge >= 0.3 is 0 Å². The van der Waals surface area contributed by atoms with Gasteiger partial charge in [-0.15, -0.1) is 0 Å². The van der Waals surface area contributed by atoms with Crippen LogP contribution in [0.5, 0.6) is 0 Å². The summed E-state index contributed by atoms with van der Waals surface area (Å²) >= 11 is 0. The third-order valence-electron chi connectivity index (χ3n) is 6.24. The fraction of sp³-hybridized carbons (Fsp3) is 0.481. The molecule has 1 N–H and O–H groups in total. The Labute approximate surface area is 191 Å². The standard InChI is InChI=1S/C27H35FN2O2/c1-4-25(27(32)29-24-8-6-5-7-9-24)30(18-21-10-12-23(28)13-11-21)26(31)17-22-15-19(2)14-20(3)16-22/h10-16,24-25H,4-9,17-18H2,1-3H3,(H,29,32). The smallest absolute Gasteiger partial charge is 0.243 e. The zero-order valence-corrected chi connectivity index (χ0v) is 19.5. The number of carbonyl (C=O) groups excluding carboxylic acids is 2. The second-order valence-electron chi connectivity index (χ2n) is 9.09. The van der Waals surface area contributed by atoms with Crippen LogP contribution in [0.15, 0.2) is 42.5 Å². The molecule has 172 valence electrons. The molecule has 0 aromatic heterocycles. The lowest BCUT2D eigenvalue weighted by Gasteiger charge is -2.33. The highest BCUT2D eigenvalue weighted by Crippen LogP contribution is 2.20. The van der Waals surface area contributed by atoms with Crippen LogP contribution < -0.4 is 5.32 Å². The predicted octanol–water partition coefficient (Wildman–Crippen LogP) is 5.24. The summed E-state index contributed by atoms with van der Waals surface area (Å²) in [6, 6.07) is 11.9. The molecule has 2 aromatic carbocycles. The molecule has 0 spiro atoms. The van der Waals surface area contributed by atoms with Crippen LogP contribution in [0.25, 0.3) is 0 Å². The van der Waals surface area contributed by atoms with E-state index in [1.807, 2.05) is 32.9 Å². The van der Waals surface area contributed by atoms with Crippen molar-refractivity contribution in [3.8, 4) is 0 Å². The summed E-state index contributed by atoms with van der Waals surface area (Å²) < 4.78 is 13.4. The Morgan fingerprint density at radius 2 is 1.62 bits per heavy atom. The number of nitrogens with zero attached hydrogens (tertiary/aromatic N) is 1. The van der Waals surface area contributed by atoms with Crippen LogP contribution in [-0.4, -0.2) is 28.8 Å². The summed E-state index contributed by atoms with van der Waals surface area (Å²) in [6.07, 6.45) is 6.23. The van der Waals surface area contributed by atoms with Crippen LogP contribution >= 0.6 is 0 Å². The summed E-state index contributed by atoms with van der Waals surface area (Å²) in [4.78, 5) is 28.4. The highest BCUT2D eigenvalue weighted by atomic mass is 19.1. The Balaban J connectivity index is 1.82. The summed E-state index contributed by atoms with van der Waals surface area (Å²) in [5.41, 5.74) is 3.98. The van der Waals surface area contributed by atoms with Crippen molar-refractivity contribution in [1.82, 2.24) is 10.2 Å². The summed E-state index contributed by atoms with van der Waals surface area (Å²) in [6.45, 7) is 6.25. The summed E-state index contributed by atoms with van der Waals surface area (Å²) in [5.74, 6) is -0.496. The zero-order valence-electron chi connectivity index (χ0n) is 19.5. The van der Waals surface area contributed by atoms with Crippen molar-refractivity contribution in [3.05, 3.63) is 70.5 Å². The number of halogens is 1. The van der Waals surface area contributed by atoms with E-state index >= 15 is 0 Å². The Hall–Kier alpha value is -2.69. The van der Waals surface area contributed by atoms with Gasteiger partial charge in [0.2, 0.25) is 11.8 Å². The maximum absolute atomic E-state index is 13.5. The average molecular weight is 439 g/mol. The fourth-order valence-corrected chi connectivity index (χ4v) is 4.70. The second-order valence-corrected chi connectivity index (χ2v) is 9.09. The lowest BCUT2D eigenvalue weighted by atomic mass is 9.95. The quantitative estimate of drug-likeness (QED) is 0.613. The average Bonchev–Trinajstić information content (AvgIpc) is 2.75. The normalized spacial score (nSPS) is 15.2. The van der Waals surface area contributed by atoms with Gasteiger partial charge in [0.15, 0.2) is 0 Å². The van der Waals surface area contributed by atoms with E-state index in [1.165, 1.54) is 18.6 Å². The highest BCUT2D eigenvalue weighted by Gasteiger charge is 2.30. The van der Waals surface area contributed by atoms with E-state index < -0.39 is 6.04 Å². The molecule has 0 radical (unpaired) electrons. The molecule has 3 rings (SSSR count). The molecule has 1 aliphatic carbocycles. The second kappa shape index (κ2) is 11.3. The largest absolute Gasteiger partial charge is 0.352 e. The van der Waals surface area contributed by atoms with Gasteiger partial charge in [0.05, 0.1) is 6.42 Å². The van der Waals surface area contributed by atoms with E-state index in [2.05, 4.69) is 11.4 Å². The van der Waals surface area contributed by atoms with Gasteiger partial charge in [-0.1, -0.05) is 67.6 Å². The molecule has 0 aliphatic heterocycles. The SMILES string of the molecule is CCC(C(=O)NC1CCCCC1)N(Cc1ccc(F)cc1)C(=O)Cc1cc(C)cc(C)c1. The molecule has 2 amide bonds. The molecule has 1 atom stereocenters. The monoisotopic (exact) mass is 438 g/mol. The van der Waals surface area contributed by atoms with Gasteiger partial charge < -0.3 is 10.2 Å². The molecule has 0 bridgehead atoms. The van der Waals surface area contributed by atoms with Crippen molar-refractivity contribution < 1.29 is 14.0 Å². The van der Waals surface area contributed by atoms with Crippen LogP contribution in [0.2, 0.25) is 0 Å². The number of hydrogen-bond donors (Lipinski definition) is 1. The maximum Gasteiger partial charge on any atom is 0.243 e. The number of carbonyl (C=O) groups is 2. The highest BCUT2D eigenvalue weighted by molar-refractivity contribution is 5.88. The van der Waals surface area contributed by atoms with Crippen molar-refractivity contribution in [2.45, 2.75) is 84.3 Å². The van der Waals surface area contributed by atoms with E-state index in [0.717, 1.165) is 47.9 Å². The number of aryl methyl sites for hydroxylation is 2. The van der Waals surface area contributed by atoms with Crippen molar-refractivity contribution >= 4 is 11.8 Å². The van der Waals surface area contributed by atoms with E-state index in [0.29, 0.717) is 6.42 Å². The molecule has 0 heterocycles. The number of amides is 2. The Kier molecular flexibility index (Phi) is 8.43. The zero-order chi connectivity index (χ0) is 23.1. The number of hydrogen-bond acceptors (Lipinski definition) is 2. The maximum atomic E-state index is 13.5. The molecule has 32 heavy (non-hydrogen) atoms. The Bertz CT molecular complexity index is 900. The lowest BCUT2D eigenvalue weighted by Crippen LogP contribution is -2.51. The number of rotatable bonds is 8. The van der Waals surface area contributed by atoms with Gasteiger partial charge in [-0.25, -0.2) is 4.39 Å². The minimum atomic E-state index is -0.555. The van der Waals surface area contributed by atoms with E-state index in [4.69, 9.17) is 0 Å². The molecule has 2 aromatic rings. The van der Waals surface area contributed by atoms with Crippen LogP contribution in [0.4, 0.5) is 4.39 Å². The van der Waals surface area contributed by atoms with Crippen LogP contribution in [-0.2, 0) is 22.6 Å². The molecule has 0 saturated heterocycles. The molecule has 1 saturated carbocycles. The van der Waals surface area contributed by atoms with E-state index in [9.17, 15) is 14.0 Å². The Morgan fingerprint density at radius 1 is 1.00 bits per heavy atom. The topological polar surface area (TPSA) is 49.4 Å². The molecule has 4 nitrogen and oxygen atoms in total. The number of nitrogens with one attached hydrogen (secondary N) is 1. The molecular weight excluding hydrogens is 403 g/mol. The fourth-order valence-electron chi connectivity index (χ4n) is 4.70. The van der Waals surface area contributed by atoms with Gasteiger partial charge in [0.1, 0.15) is 11.9 Å². The molecule has 1 aliphatic rings. The van der Waals surface area contributed by atoms with E-state index in [1.54, 1.807) is 17.0 Å². The van der Waals surface area contributed by atoms with Crippen molar-refractivity contribution in [1.29, 1.82) is 0 Å². The predicted molar refractivity (Wildman–Crippen MR) is 126 cm³/mol. The lowest BCUT2D eigenvalue weighted by molar-refractivity contribution is -0.141. The van der Waals surface area contributed by atoms with Gasteiger partial charge in [-0.05, 0) is 56.4 Å². The third kappa shape index (κ3) is 6.65. The third-order valence-corrected chi connectivity index (χ3v) is 6.24. The van der Waals surface area contributed by atoms with Crippen molar-refractivity contribution in [2.75, 3.05) is 0 Å². The number of benzene rings is 2. The van der Waals surface area contributed by atoms with Crippen molar-refractivity contribution in [3.63, 3.8) is 0 Å². The summed E-state index contributed by atoms with van der Waals surface area (Å²) in [5, 5.41) is 3.19. The minimum absolute atomic E-state index is 0.0877. The summed E-state index contributed by atoms with van der Waals surface area (Å²) in [7, 11) is 0. The first kappa shape index (κ1) is 24.0. The first-order valence-electron chi connectivity index (χ1n) is 11.8. The van der Waals surface area contributed by atoms with Gasteiger partial charge in [-0.3, -0.25) is 9.59 Å².